The van der Waals surface area contributed by atoms with Crippen molar-refractivity contribution in [2.45, 2.75) is 18.6 Å². The number of hydrogen-bond donors (Lipinski definition) is 1. The van der Waals surface area contributed by atoms with Gasteiger partial charge in [0.25, 0.3) is 6.43 Å². The highest BCUT2D eigenvalue weighted by Crippen LogP contribution is 2.32. The highest BCUT2D eigenvalue weighted by atomic mass is 19.4. The predicted molar refractivity (Wildman–Crippen MR) is 44.3 cm³/mol. The van der Waals surface area contributed by atoms with Gasteiger partial charge in [0, 0.05) is 0 Å². The Kier molecular flexibility index (Phi) is 3.47. The van der Waals surface area contributed by atoms with E-state index in [2.05, 4.69) is 0 Å². The Morgan fingerprint density at radius 3 is 2.06 bits per heavy atom. The average molecular weight is 243 g/mol. The van der Waals surface area contributed by atoms with Gasteiger partial charge in [-0.15, -0.1) is 0 Å². The molecule has 1 aromatic carbocycles. The molecule has 0 aliphatic carbocycles. The van der Waals surface area contributed by atoms with Crippen molar-refractivity contribution in [3.8, 4) is 0 Å². The lowest BCUT2D eigenvalue weighted by atomic mass is 10.0. The first kappa shape index (κ1) is 12.8. The lowest BCUT2D eigenvalue weighted by Crippen LogP contribution is -2.20. The topological polar surface area (TPSA) is 26.0 Å². The van der Waals surface area contributed by atoms with Gasteiger partial charge in [0.15, 0.2) is 0 Å². The maximum Gasteiger partial charge on any atom is 0.416 e. The van der Waals surface area contributed by atoms with Gasteiger partial charge in [0.05, 0.1) is 11.6 Å². The smallest absolute Gasteiger partial charge is 0.319 e. The van der Waals surface area contributed by atoms with E-state index >= 15 is 0 Å². The van der Waals surface area contributed by atoms with Crippen molar-refractivity contribution in [2.75, 3.05) is 0 Å². The van der Waals surface area contributed by atoms with Crippen molar-refractivity contribution in [3.05, 3.63) is 35.1 Å². The van der Waals surface area contributed by atoms with Crippen LogP contribution in [0.5, 0.6) is 0 Å². The Balaban J connectivity index is 3.18. The van der Waals surface area contributed by atoms with Crippen molar-refractivity contribution in [1.29, 1.82) is 0 Å². The monoisotopic (exact) mass is 243 g/mol. The van der Waals surface area contributed by atoms with Crippen LogP contribution in [0.25, 0.3) is 0 Å². The molecule has 2 N–H and O–H groups in total. The Hall–Kier alpha value is -1.24. The predicted octanol–water partition coefficient (Wildman–Crippen LogP) is 3.11. The van der Waals surface area contributed by atoms with E-state index < -0.39 is 35.6 Å². The van der Waals surface area contributed by atoms with Crippen LogP contribution in [0.3, 0.4) is 0 Å². The molecule has 0 aliphatic heterocycles. The van der Waals surface area contributed by atoms with E-state index in [0.29, 0.717) is 12.1 Å². The zero-order chi connectivity index (χ0) is 12.5. The van der Waals surface area contributed by atoms with Crippen molar-refractivity contribution in [2.24, 2.45) is 5.73 Å². The summed E-state index contributed by atoms with van der Waals surface area (Å²) in [7, 11) is 0. The van der Waals surface area contributed by atoms with Gasteiger partial charge in [-0.25, -0.2) is 13.2 Å². The first-order chi connectivity index (χ1) is 7.21. The highest BCUT2D eigenvalue weighted by molar-refractivity contribution is 5.29. The minimum atomic E-state index is -4.79. The van der Waals surface area contributed by atoms with Crippen molar-refractivity contribution < 1.29 is 26.3 Å². The van der Waals surface area contributed by atoms with Gasteiger partial charge in [-0.2, -0.15) is 13.2 Å². The standard InChI is InChI=1S/C9H7F6N/c10-6-2-4(7(16)8(11)12)1-5(3-6)9(13,14)15/h1-3,7-8H,16H2/t7-/m1/s1. The molecule has 0 fully saturated rings. The summed E-state index contributed by atoms with van der Waals surface area (Å²) < 4.78 is 73.7. The molecule has 0 amide bonds. The molecule has 1 nitrogen and oxygen atoms in total. The van der Waals surface area contributed by atoms with Crippen LogP contribution in [0.15, 0.2) is 18.2 Å². The Morgan fingerprint density at radius 1 is 1.06 bits per heavy atom. The Morgan fingerprint density at radius 2 is 1.62 bits per heavy atom. The summed E-state index contributed by atoms with van der Waals surface area (Å²) in [5.74, 6) is -1.25. The van der Waals surface area contributed by atoms with Gasteiger partial charge in [0.1, 0.15) is 5.82 Å². The second kappa shape index (κ2) is 4.32. The maximum atomic E-state index is 12.8. The lowest BCUT2D eigenvalue weighted by Gasteiger charge is -2.14. The molecule has 0 heterocycles. The molecule has 1 atom stereocenters. The third-order valence-corrected chi connectivity index (χ3v) is 1.90. The molecule has 0 saturated carbocycles. The minimum absolute atomic E-state index is 0.224. The number of nitrogens with two attached hydrogens (primary N) is 1. The molecule has 0 aliphatic rings. The van der Waals surface area contributed by atoms with Crippen LogP contribution < -0.4 is 5.73 Å². The molecule has 90 valence electrons. The van der Waals surface area contributed by atoms with Gasteiger partial charge in [-0.05, 0) is 23.8 Å². The first-order valence-electron chi connectivity index (χ1n) is 4.13. The zero-order valence-corrected chi connectivity index (χ0v) is 7.73. The summed E-state index contributed by atoms with van der Waals surface area (Å²) in [5.41, 5.74) is 3.02. The summed E-state index contributed by atoms with van der Waals surface area (Å²) >= 11 is 0. The van der Waals surface area contributed by atoms with Crippen LogP contribution in [0.1, 0.15) is 17.2 Å². The molecule has 1 aromatic rings. The second-order valence-electron chi connectivity index (χ2n) is 3.13. The fourth-order valence-corrected chi connectivity index (χ4v) is 1.11. The summed E-state index contributed by atoms with van der Waals surface area (Å²) in [6.45, 7) is 0. The van der Waals surface area contributed by atoms with Crippen molar-refractivity contribution in [1.82, 2.24) is 0 Å². The lowest BCUT2D eigenvalue weighted by molar-refractivity contribution is -0.137. The van der Waals surface area contributed by atoms with E-state index in [9.17, 15) is 26.3 Å². The van der Waals surface area contributed by atoms with Gasteiger partial charge in [-0.3, -0.25) is 0 Å². The van der Waals surface area contributed by atoms with E-state index in [1.165, 1.54) is 0 Å². The van der Waals surface area contributed by atoms with Crippen LogP contribution in [-0.4, -0.2) is 6.43 Å². The van der Waals surface area contributed by atoms with Gasteiger partial charge < -0.3 is 5.73 Å². The maximum absolute atomic E-state index is 12.8. The zero-order valence-electron chi connectivity index (χ0n) is 7.73. The first-order valence-corrected chi connectivity index (χ1v) is 4.13. The second-order valence-corrected chi connectivity index (χ2v) is 3.13. The normalized spacial score (nSPS) is 14.2. The molecule has 0 aromatic heterocycles. The van der Waals surface area contributed by atoms with Crippen LogP contribution >= 0.6 is 0 Å². The van der Waals surface area contributed by atoms with E-state index in [4.69, 9.17) is 5.73 Å². The average Bonchev–Trinajstić information content (AvgIpc) is 2.14. The molecular formula is C9H7F6N. The number of alkyl halides is 5. The summed E-state index contributed by atoms with van der Waals surface area (Å²) in [4.78, 5) is 0. The van der Waals surface area contributed by atoms with Gasteiger partial charge >= 0.3 is 6.18 Å². The molecule has 1 rings (SSSR count). The molecule has 0 unspecified atom stereocenters. The molecule has 7 heteroatoms. The molecule has 0 radical (unpaired) electrons. The number of hydrogen-bond acceptors (Lipinski definition) is 1. The van der Waals surface area contributed by atoms with Gasteiger partial charge in [-0.1, -0.05) is 0 Å². The largest absolute Gasteiger partial charge is 0.416 e. The quantitative estimate of drug-likeness (QED) is 0.793. The third-order valence-electron chi connectivity index (χ3n) is 1.90. The molecule has 16 heavy (non-hydrogen) atoms. The fourth-order valence-electron chi connectivity index (χ4n) is 1.11. The van der Waals surface area contributed by atoms with E-state index in [1.807, 2.05) is 0 Å². The Labute approximate surface area is 86.9 Å². The summed E-state index contributed by atoms with van der Waals surface area (Å²) in [5, 5.41) is 0. The van der Waals surface area contributed by atoms with Crippen LogP contribution in [0.2, 0.25) is 0 Å². The number of rotatable bonds is 2. The van der Waals surface area contributed by atoms with Crippen LogP contribution in [-0.2, 0) is 6.18 Å². The molecule has 0 spiro atoms. The van der Waals surface area contributed by atoms with Gasteiger partial charge in [0.2, 0.25) is 0 Å². The number of halogens is 6. The number of benzene rings is 1. The SMILES string of the molecule is N[C@H](c1cc(F)cc(C(F)(F)F)c1)C(F)F. The highest BCUT2D eigenvalue weighted by Gasteiger charge is 2.32. The van der Waals surface area contributed by atoms with E-state index in [-0.39, 0.29) is 6.07 Å². The van der Waals surface area contributed by atoms with Crippen LogP contribution in [0, 0.1) is 5.82 Å². The molecule has 0 saturated heterocycles. The molecule has 0 bridgehead atoms. The summed E-state index contributed by atoms with van der Waals surface area (Å²) in [6, 6.07) is -0.731. The third kappa shape index (κ3) is 2.88. The van der Waals surface area contributed by atoms with Crippen molar-refractivity contribution in [3.63, 3.8) is 0 Å². The van der Waals surface area contributed by atoms with Crippen LogP contribution in [0.4, 0.5) is 26.3 Å². The van der Waals surface area contributed by atoms with Crippen molar-refractivity contribution >= 4 is 0 Å². The fraction of sp³-hybridized carbons (Fsp3) is 0.333. The van der Waals surface area contributed by atoms with E-state index in [1.54, 1.807) is 0 Å². The summed E-state index contributed by atoms with van der Waals surface area (Å²) in [6.07, 6.45) is -7.85. The van der Waals surface area contributed by atoms with E-state index in [0.717, 1.165) is 0 Å². The Bertz CT molecular complexity index is 373. The minimum Gasteiger partial charge on any atom is -0.319 e. The molecular weight excluding hydrogens is 236 g/mol.